The molecule has 1 aromatic heterocycles. The summed E-state index contributed by atoms with van der Waals surface area (Å²) in [6, 6.07) is 28.4. The lowest BCUT2D eigenvalue weighted by atomic mass is 9.74. The summed E-state index contributed by atoms with van der Waals surface area (Å²) < 4.78 is 0. The molecule has 5 rings (SSSR count). The topological polar surface area (TPSA) is 93.1 Å². The van der Waals surface area contributed by atoms with Gasteiger partial charge in [0.15, 0.2) is 0 Å². The van der Waals surface area contributed by atoms with Gasteiger partial charge in [0.05, 0.1) is 29.5 Å². The van der Waals surface area contributed by atoms with E-state index in [9.17, 15) is 15.3 Å². The molecule has 0 bridgehead atoms. The zero-order valence-corrected chi connectivity index (χ0v) is 21.3. The number of aromatic nitrogens is 1. The van der Waals surface area contributed by atoms with Gasteiger partial charge in [-0.25, -0.2) is 4.98 Å². The molecule has 8 heteroatoms. The van der Waals surface area contributed by atoms with Crippen LogP contribution in [0.4, 0.5) is 5.13 Å². The number of benzene rings is 3. The van der Waals surface area contributed by atoms with Gasteiger partial charge in [-0.1, -0.05) is 83.9 Å². The number of amides is 1. The zero-order valence-electron chi connectivity index (χ0n) is 19.7. The summed E-state index contributed by atoms with van der Waals surface area (Å²) in [5.74, 6) is -3.03. The van der Waals surface area contributed by atoms with E-state index in [0.29, 0.717) is 21.4 Å². The van der Waals surface area contributed by atoms with Crippen LogP contribution in [-0.4, -0.2) is 16.6 Å². The van der Waals surface area contributed by atoms with Crippen molar-refractivity contribution in [3.63, 3.8) is 0 Å². The smallest absolute Gasteiger partial charge is 0.259 e. The molecule has 6 nitrogen and oxygen atoms in total. The van der Waals surface area contributed by atoms with E-state index < -0.39 is 17.8 Å². The highest BCUT2D eigenvalue weighted by Crippen LogP contribution is 2.41. The number of halogens is 1. The van der Waals surface area contributed by atoms with Gasteiger partial charge in [-0.3, -0.25) is 4.79 Å². The average molecular weight is 522 g/mol. The van der Waals surface area contributed by atoms with E-state index in [4.69, 9.17) is 21.7 Å². The Labute approximate surface area is 223 Å². The third-order valence-electron chi connectivity index (χ3n) is 6.32. The normalized spacial score (nSPS) is 15.8. The summed E-state index contributed by atoms with van der Waals surface area (Å²) >= 11 is 7.42. The summed E-state index contributed by atoms with van der Waals surface area (Å²) in [5.41, 5.74) is 4.73. The molecule has 0 radical (unpaired) electrons. The number of hydrogen-bond acceptors (Lipinski definition) is 6. The summed E-state index contributed by atoms with van der Waals surface area (Å²) in [4.78, 5) is 18.7. The van der Waals surface area contributed by atoms with Crippen LogP contribution in [0.3, 0.4) is 0 Å². The largest absolute Gasteiger partial charge is 0.272 e. The maximum Gasteiger partial charge on any atom is 0.259 e. The maximum absolute atomic E-state index is 14.0. The van der Waals surface area contributed by atoms with E-state index >= 15 is 0 Å². The van der Waals surface area contributed by atoms with Crippen molar-refractivity contribution in [3.8, 4) is 23.4 Å². The van der Waals surface area contributed by atoms with Gasteiger partial charge >= 0.3 is 0 Å². The maximum atomic E-state index is 14.0. The van der Waals surface area contributed by atoms with Crippen LogP contribution in [0.1, 0.15) is 22.6 Å². The van der Waals surface area contributed by atoms with Gasteiger partial charge in [-0.2, -0.15) is 20.6 Å². The van der Waals surface area contributed by atoms with E-state index in [0.717, 1.165) is 22.4 Å². The third-order valence-corrected chi connectivity index (χ3v) is 7.39. The number of nitriles is 2. The van der Waals surface area contributed by atoms with Crippen molar-refractivity contribution < 1.29 is 4.79 Å². The minimum Gasteiger partial charge on any atom is -0.272 e. The van der Waals surface area contributed by atoms with E-state index in [1.54, 1.807) is 24.3 Å². The van der Waals surface area contributed by atoms with Crippen molar-refractivity contribution in [1.29, 1.82) is 10.5 Å². The number of carbonyl (C=O) groups excluding carboxylic acids is 1. The Balaban J connectivity index is 1.61. The molecule has 0 unspecified atom stereocenters. The Bertz CT molecular complexity index is 1540. The SMILES string of the molecule is Cc1ccc(-c2csc(N3N=C(c4ccccc4)[C@@H]([C@H](c4ccc(Cl)cc4)C(C#N)C#N)C3=O)n2)cc1. The van der Waals surface area contributed by atoms with Gasteiger partial charge in [-0.15, -0.1) is 11.3 Å². The first-order valence-corrected chi connectivity index (χ1v) is 12.8. The Hall–Kier alpha value is -4.30. The van der Waals surface area contributed by atoms with Crippen LogP contribution in [-0.2, 0) is 4.79 Å². The lowest BCUT2D eigenvalue weighted by Gasteiger charge is -2.25. The van der Waals surface area contributed by atoms with E-state index in [-0.39, 0.29) is 5.91 Å². The zero-order chi connectivity index (χ0) is 25.9. The summed E-state index contributed by atoms with van der Waals surface area (Å²) in [7, 11) is 0. The van der Waals surface area contributed by atoms with Crippen LogP contribution >= 0.6 is 22.9 Å². The second kappa shape index (κ2) is 10.4. The Morgan fingerprint density at radius 3 is 2.27 bits per heavy atom. The van der Waals surface area contributed by atoms with Gasteiger partial charge in [0, 0.05) is 21.9 Å². The van der Waals surface area contributed by atoms with E-state index in [1.807, 2.05) is 66.9 Å². The first-order valence-electron chi connectivity index (χ1n) is 11.6. The Kier molecular flexibility index (Phi) is 6.83. The number of hydrogen-bond donors (Lipinski definition) is 0. The minimum atomic E-state index is -1.08. The molecule has 0 fully saturated rings. The first kappa shape index (κ1) is 24.4. The number of nitrogens with zero attached hydrogens (tertiary/aromatic N) is 5. The average Bonchev–Trinajstić information content (AvgIpc) is 3.54. The summed E-state index contributed by atoms with van der Waals surface area (Å²) in [5, 5.41) is 28.6. The highest BCUT2D eigenvalue weighted by Gasteiger charge is 2.47. The van der Waals surface area contributed by atoms with Crippen LogP contribution < -0.4 is 5.01 Å². The number of carbonyl (C=O) groups is 1. The molecule has 37 heavy (non-hydrogen) atoms. The predicted octanol–water partition coefficient (Wildman–Crippen LogP) is 6.59. The van der Waals surface area contributed by atoms with E-state index in [2.05, 4.69) is 12.1 Å². The monoisotopic (exact) mass is 521 g/mol. The van der Waals surface area contributed by atoms with Crippen LogP contribution in [0.5, 0.6) is 0 Å². The fourth-order valence-corrected chi connectivity index (χ4v) is 5.36. The standard InChI is InChI=1S/C29H20ClN5OS/c1-18-7-9-19(10-8-18)24-17-37-29(33-24)35-28(36)26(27(34-35)21-5-3-2-4-6-21)25(22(15-31)16-32)20-11-13-23(30)14-12-20/h2-14,17,22,25-26H,1H3/t25-,26-/m1/s1. The molecule has 0 spiro atoms. The highest BCUT2D eigenvalue weighted by molar-refractivity contribution is 7.14. The molecule has 1 aliphatic rings. The van der Waals surface area contributed by atoms with Gasteiger partial charge in [0.1, 0.15) is 5.92 Å². The molecule has 0 saturated carbocycles. The second-order valence-electron chi connectivity index (χ2n) is 8.67. The van der Waals surface area contributed by atoms with Crippen LogP contribution in [0, 0.1) is 41.4 Å². The van der Waals surface area contributed by atoms with Gasteiger partial charge in [0.25, 0.3) is 5.91 Å². The number of thiazole rings is 1. The Morgan fingerprint density at radius 1 is 0.946 bits per heavy atom. The number of rotatable bonds is 6. The van der Waals surface area contributed by atoms with Gasteiger partial charge in [0.2, 0.25) is 5.13 Å². The van der Waals surface area contributed by atoms with Crippen molar-refractivity contribution in [2.24, 2.45) is 16.9 Å². The van der Waals surface area contributed by atoms with Crippen LogP contribution in [0.2, 0.25) is 5.02 Å². The number of anilines is 1. The quantitative estimate of drug-likeness (QED) is 0.286. The molecule has 3 aromatic carbocycles. The van der Waals surface area contributed by atoms with Crippen molar-refractivity contribution in [1.82, 2.24) is 4.98 Å². The van der Waals surface area contributed by atoms with Crippen molar-refractivity contribution in [2.75, 3.05) is 5.01 Å². The number of aryl methyl sites for hydroxylation is 1. The van der Waals surface area contributed by atoms with Gasteiger partial charge < -0.3 is 0 Å². The number of hydrazone groups is 1. The fourth-order valence-electron chi connectivity index (χ4n) is 4.45. The van der Waals surface area contributed by atoms with E-state index in [1.165, 1.54) is 16.3 Å². The van der Waals surface area contributed by atoms with Gasteiger partial charge in [-0.05, 0) is 30.2 Å². The second-order valence-corrected chi connectivity index (χ2v) is 9.95. The fraction of sp³-hybridized carbons (Fsp3) is 0.138. The highest BCUT2D eigenvalue weighted by atomic mass is 35.5. The summed E-state index contributed by atoms with van der Waals surface area (Å²) in [6.07, 6.45) is 0. The molecule has 1 aliphatic heterocycles. The summed E-state index contributed by atoms with van der Waals surface area (Å²) in [6.45, 7) is 2.02. The molecular weight excluding hydrogens is 502 g/mol. The molecule has 2 atom stereocenters. The third kappa shape index (κ3) is 4.75. The van der Waals surface area contributed by atoms with Crippen molar-refractivity contribution >= 4 is 39.7 Å². The molecular formula is C29H20ClN5OS. The molecule has 0 N–H and O–H groups in total. The minimum absolute atomic E-state index is 0.334. The van der Waals surface area contributed by atoms with Crippen molar-refractivity contribution in [2.45, 2.75) is 12.8 Å². The van der Waals surface area contributed by atoms with Crippen molar-refractivity contribution in [3.05, 3.63) is 106 Å². The molecule has 4 aromatic rings. The molecule has 2 heterocycles. The first-order chi connectivity index (χ1) is 18.0. The molecule has 180 valence electrons. The predicted molar refractivity (Wildman–Crippen MR) is 145 cm³/mol. The Morgan fingerprint density at radius 2 is 1.62 bits per heavy atom. The molecule has 0 saturated heterocycles. The van der Waals surface area contributed by atoms with Crippen LogP contribution in [0.15, 0.2) is 89.3 Å². The molecule has 0 aliphatic carbocycles. The lowest BCUT2D eigenvalue weighted by Crippen LogP contribution is -2.35. The molecule has 1 amide bonds. The lowest BCUT2D eigenvalue weighted by molar-refractivity contribution is -0.120. The van der Waals surface area contributed by atoms with Crippen LogP contribution in [0.25, 0.3) is 11.3 Å².